The molecule has 0 saturated carbocycles. The molecule has 168 valence electrons. The summed E-state index contributed by atoms with van der Waals surface area (Å²) in [6, 6.07) is 4.70. The summed E-state index contributed by atoms with van der Waals surface area (Å²) in [7, 11) is 3.18. The van der Waals surface area contributed by atoms with E-state index in [2.05, 4.69) is 20.1 Å². The molecular weight excluding hydrogens is 522 g/mol. The summed E-state index contributed by atoms with van der Waals surface area (Å²) in [6.07, 6.45) is 3.70. The lowest BCUT2D eigenvalue weighted by Crippen LogP contribution is -2.48. The average molecular weight is 553 g/mol. The molecule has 2 aliphatic heterocycles. The molecule has 0 spiro atoms. The number of aliphatic imine (C=N–C) groups is 1. The Morgan fingerprint density at radius 2 is 1.97 bits per heavy atom. The normalized spacial score (nSPS) is 19.3. The van der Waals surface area contributed by atoms with E-state index in [4.69, 9.17) is 16.3 Å². The van der Waals surface area contributed by atoms with E-state index in [1.807, 2.05) is 0 Å². The van der Waals surface area contributed by atoms with Crippen LogP contribution in [0.15, 0.2) is 23.2 Å². The standard InChI is InChI=1S/C21H30ClFN4O2.HI/c1-24-21(27-12-8-15(9-13-27)20(28)29-2)25-14-18(26-10-3-4-11-26)19-16(22)6-5-7-17(19)23;/h5-7,15,18H,3-4,8-14H2,1-2H3,(H,24,25);1H. The molecule has 30 heavy (non-hydrogen) atoms. The second-order valence-corrected chi connectivity index (χ2v) is 8.01. The number of nitrogens with one attached hydrogen (secondary N) is 1. The Balaban J connectivity index is 0.00000320. The number of ether oxygens (including phenoxy) is 1. The Morgan fingerprint density at radius 3 is 2.53 bits per heavy atom. The molecule has 0 bridgehead atoms. The van der Waals surface area contributed by atoms with Gasteiger partial charge in [0.25, 0.3) is 0 Å². The van der Waals surface area contributed by atoms with Gasteiger partial charge in [0.1, 0.15) is 5.82 Å². The lowest BCUT2D eigenvalue weighted by atomic mass is 9.97. The van der Waals surface area contributed by atoms with Crippen molar-refractivity contribution in [2.75, 3.05) is 46.9 Å². The first-order valence-corrected chi connectivity index (χ1v) is 10.6. The predicted octanol–water partition coefficient (Wildman–Crippen LogP) is 3.69. The van der Waals surface area contributed by atoms with Crippen LogP contribution in [0.4, 0.5) is 4.39 Å². The molecule has 2 aliphatic rings. The first-order valence-electron chi connectivity index (χ1n) is 10.3. The maximum Gasteiger partial charge on any atom is 0.308 e. The zero-order valence-electron chi connectivity index (χ0n) is 17.6. The molecular formula is C21H31ClFIN4O2. The van der Waals surface area contributed by atoms with Gasteiger partial charge in [-0.1, -0.05) is 17.7 Å². The molecule has 1 aromatic rings. The molecule has 0 amide bonds. The van der Waals surface area contributed by atoms with Crippen molar-refractivity contribution in [3.8, 4) is 0 Å². The molecule has 6 nitrogen and oxygen atoms in total. The third-order valence-corrected chi connectivity index (χ3v) is 6.24. The lowest BCUT2D eigenvalue weighted by molar-refractivity contribution is -0.146. The summed E-state index contributed by atoms with van der Waals surface area (Å²) in [6.45, 7) is 3.84. The van der Waals surface area contributed by atoms with Crippen LogP contribution >= 0.6 is 35.6 Å². The number of piperidine rings is 1. The molecule has 2 saturated heterocycles. The molecule has 0 aromatic heterocycles. The smallest absolute Gasteiger partial charge is 0.308 e. The third-order valence-electron chi connectivity index (χ3n) is 5.91. The maximum atomic E-state index is 14.6. The Bertz CT molecular complexity index is 717. The molecule has 9 heteroatoms. The van der Waals surface area contributed by atoms with Gasteiger partial charge in [0.2, 0.25) is 0 Å². The number of halogens is 3. The van der Waals surface area contributed by atoms with Crippen molar-refractivity contribution in [1.82, 2.24) is 15.1 Å². The molecule has 2 heterocycles. The van der Waals surface area contributed by atoms with Gasteiger partial charge in [-0.05, 0) is 50.9 Å². The second-order valence-electron chi connectivity index (χ2n) is 7.61. The molecule has 1 atom stereocenters. The number of nitrogens with zero attached hydrogens (tertiary/aromatic N) is 3. The van der Waals surface area contributed by atoms with Crippen molar-refractivity contribution in [2.45, 2.75) is 31.7 Å². The van der Waals surface area contributed by atoms with E-state index < -0.39 is 0 Å². The van der Waals surface area contributed by atoms with Crippen molar-refractivity contribution in [3.63, 3.8) is 0 Å². The highest BCUT2D eigenvalue weighted by Gasteiger charge is 2.30. The van der Waals surface area contributed by atoms with Crippen LogP contribution in [0.1, 0.15) is 37.3 Å². The van der Waals surface area contributed by atoms with Gasteiger partial charge in [0.15, 0.2) is 5.96 Å². The van der Waals surface area contributed by atoms with E-state index in [0.717, 1.165) is 57.8 Å². The highest BCUT2D eigenvalue weighted by atomic mass is 127. The fourth-order valence-electron chi connectivity index (χ4n) is 4.31. The molecule has 1 N–H and O–H groups in total. The Labute approximate surface area is 200 Å². The summed E-state index contributed by atoms with van der Waals surface area (Å²) in [5.41, 5.74) is 0.545. The summed E-state index contributed by atoms with van der Waals surface area (Å²) in [4.78, 5) is 20.6. The summed E-state index contributed by atoms with van der Waals surface area (Å²) in [5.74, 6) is 0.301. The number of likely N-dealkylation sites (tertiary alicyclic amines) is 2. The van der Waals surface area contributed by atoms with Gasteiger partial charge in [0, 0.05) is 37.3 Å². The van der Waals surface area contributed by atoms with Gasteiger partial charge in [-0.3, -0.25) is 14.7 Å². The highest BCUT2D eigenvalue weighted by Crippen LogP contribution is 2.32. The number of benzene rings is 1. The van der Waals surface area contributed by atoms with E-state index in [0.29, 0.717) is 17.1 Å². The van der Waals surface area contributed by atoms with Crippen molar-refractivity contribution in [2.24, 2.45) is 10.9 Å². The minimum Gasteiger partial charge on any atom is -0.469 e. The number of carbonyl (C=O) groups is 1. The van der Waals surface area contributed by atoms with Gasteiger partial charge in [0.05, 0.1) is 19.1 Å². The third kappa shape index (κ3) is 5.97. The van der Waals surface area contributed by atoms with Gasteiger partial charge in [-0.2, -0.15) is 0 Å². The first-order chi connectivity index (χ1) is 14.0. The number of carbonyl (C=O) groups excluding carboxylic acids is 1. The zero-order chi connectivity index (χ0) is 20.8. The van der Waals surface area contributed by atoms with Crippen LogP contribution < -0.4 is 5.32 Å². The molecule has 0 aliphatic carbocycles. The fraction of sp³-hybridized carbons (Fsp3) is 0.619. The van der Waals surface area contributed by atoms with Crippen LogP contribution in [0.5, 0.6) is 0 Å². The highest BCUT2D eigenvalue weighted by molar-refractivity contribution is 14.0. The van der Waals surface area contributed by atoms with E-state index in [-0.39, 0.29) is 47.7 Å². The molecule has 0 radical (unpaired) electrons. The number of esters is 1. The topological polar surface area (TPSA) is 57.2 Å². The quantitative estimate of drug-likeness (QED) is 0.261. The Hall–Kier alpha value is -1.13. The van der Waals surface area contributed by atoms with Crippen LogP contribution in [0.25, 0.3) is 0 Å². The van der Waals surface area contributed by atoms with E-state index in [9.17, 15) is 9.18 Å². The van der Waals surface area contributed by atoms with Gasteiger partial charge in [-0.15, -0.1) is 24.0 Å². The maximum absolute atomic E-state index is 14.6. The van der Waals surface area contributed by atoms with E-state index >= 15 is 0 Å². The second kappa shape index (κ2) is 12.0. The summed E-state index contributed by atoms with van der Waals surface area (Å²) < 4.78 is 19.5. The summed E-state index contributed by atoms with van der Waals surface area (Å²) in [5, 5.41) is 3.88. The minimum absolute atomic E-state index is 0. The fourth-order valence-corrected chi connectivity index (χ4v) is 4.60. The molecule has 2 fully saturated rings. The zero-order valence-corrected chi connectivity index (χ0v) is 20.7. The predicted molar refractivity (Wildman–Crippen MR) is 128 cm³/mol. The van der Waals surface area contributed by atoms with Crippen molar-refractivity contribution >= 4 is 47.5 Å². The van der Waals surface area contributed by atoms with Crippen molar-refractivity contribution in [3.05, 3.63) is 34.6 Å². The van der Waals surface area contributed by atoms with Gasteiger partial charge in [-0.25, -0.2) is 4.39 Å². The summed E-state index contributed by atoms with van der Waals surface area (Å²) >= 11 is 6.38. The van der Waals surface area contributed by atoms with Crippen LogP contribution in [0.3, 0.4) is 0 Å². The Kier molecular flexibility index (Phi) is 10.1. The van der Waals surface area contributed by atoms with Crippen molar-refractivity contribution < 1.29 is 13.9 Å². The SMILES string of the molecule is CN=C(NCC(c1c(F)cccc1Cl)N1CCCC1)N1CCC(C(=O)OC)CC1.I. The number of guanidine groups is 1. The van der Waals surface area contributed by atoms with Crippen LogP contribution in [-0.4, -0.2) is 68.6 Å². The van der Waals surface area contributed by atoms with E-state index in [1.54, 1.807) is 19.2 Å². The average Bonchev–Trinajstić information content (AvgIpc) is 3.27. The van der Waals surface area contributed by atoms with Crippen LogP contribution in [0, 0.1) is 11.7 Å². The van der Waals surface area contributed by atoms with Crippen LogP contribution in [-0.2, 0) is 9.53 Å². The van der Waals surface area contributed by atoms with Gasteiger partial charge >= 0.3 is 5.97 Å². The number of methoxy groups -OCH3 is 1. The van der Waals surface area contributed by atoms with E-state index in [1.165, 1.54) is 13.2 Å². The first kappa shape index (κ1) is 25.1. The Morgan fingerprint density at radius 1 is 1.30 bits per heavy atom. The molecule has 3 rings (SSSR count). The number of rotatable bonds is 5. The van der Waals surface area contributed by atoms with Crippen LogP contribution in [0.2, 0.25) is 5.02 Å². The molecule has 1 unspecified atom stereocenters. The monoisotopic (exact) mass is 552 g/mol. The molecule has 1 aromatic carbocycles. The van der Waals surface area contributed by atoms with Crippen molar-refractivity contribution in [1.29, 1.82) is 0 Å². The minimum atomic E-state index is -0.273. The van der Waals surface area contributed by atoms with Gasteiger partial charge < -0.3 is 15.0 Å². The number of hydrogen-bond donors (Lipinski definition) is 1. The lowest BCUT2D eigenvalue weighted by Gasteiger charge is -2.35. The largest absolute Gasteiger partial charge is 0.469 e. The number of hydrogen-bond acceptors (Lipinski definition) is 4.